The van der Waals surface area contributed by atoms with E-state index in [0.29, 0.717) is 46.7 Å². The summed E-state index contributed by atoms with van der Waals surface area (Å²) in [6.45, 7) is 0.593. The van der Waals surface area contributed by atoms with Gasteiger partial charge in [0.15, 0.2) is 18.1 Å². The fourth-order valence-corrected chi connectivity index (χ4v) is 5.51. The summed E-state index contributed by atoms with van der Waals surface area (Å²) in [5, 5.41) is 6.35. The number of hydrogen-bond donors (Lipinski definition) is 2. The van der Waals surface area contributed by atoms with Gasteiger partial charge in [-0.3, -0.25) is 19.2 Å². The standard InChI is InChI=1S/C33H33N5O7/c1-37-19-35-25-14-22(7-10-24(25)33(37)42)32(41)38-16-26-29(17-38)45-23-8-3-21(4-9-23)15-34-31(40)18-44-28-13-20(5-11-27(28)43-2)6-12-30(39)36-26/h3-5,7-11,13-14,19,26,29H,6,12,15-18H2,1-2H3,(H,34,40)(H,36,39)/t26-,29-/m0/s1. The van der Waals surface area contributed by atoms with Crippen LogP contribution in [0.3, 0.4) is 0 Å². The number of methoxy groups -OCH3 is 1. The van der Waals surface area contributed by atoms with Gasteiger partial charge in [0.2, 0.25) is 5.91 Å². The van der Waals surface area contributed by atoms with Crippen LogP contribution in [0, 0.1) is 0 Å². The van der Waals surface area contributed by atoms with Crippen molar-refractivity contribution in [3.05, 3.63) is 94.0 Å². The highest BCUT2D eigenvalue weighted by atomic mass is 16.5. The Morgan fingerprint density at radius 3 is 2.56 bits per heavy atom. The van der Waals surface area contributed by atoms with Gasteiger partial charge in [-0.2, -0.15) is 0 Å². The average Bonchev–Trinajstić information content (AvgIpc) is 3.44. The molecule has 0 aliphatic carbocycles. The minimum Gasteiger partial charge on any atom is -0.493 e. The molecule has 3 aliphatic heterocycles. The van der Waals surface area contributed by atoms with Crippen LogP contribution in [-0.4, -0.2) is 71.1 Å². The number of carbonyl (C=O) groups is 3. The number of hydrogen-bond acceptors (Lipinski definition) is 8. The minimum absolute atomic E-state index is 0.184. The van der Waals surface area contributed by atoms with Gasteiger partial charge < -0.3 is 34.3 Å². The topological polar surface area (TPSA) is 141 Å². The predicted octanol–water partition coefficient (Wildman–Crippen LogP) is 1.97. The molecule has 2 atom stereocenters. The van der Waals surface area contributed by atoms with Gasteiger partial charge in [0.1, 0.15) is 11.9 Å². The predicted molar refractivity (Wildman–Crippen MR) is 164 cm³/mol. The first kappa shape index (κ1) is 29.7. The number of benzene rings is 3. The van der Waals surface area contributed by atoms with Crippen LogP contribution in [-0.2, 0) is 29.6 Å². The number of nitrogens with one attached hydrogen (secondary N) is 2. The van der Waals surface area contributed by atoms with Crippen molar-refractivity contribution in [2.75, 3.05) is 26.8 Å². The Morgan fingerprint density at radius 1 is 0.956 bits per heavy atom. The summed E-state index contributed by atoms with van der Waals surface area (Å²) >= 11 is 0. The highest BCUT2D eigenvalue weighted by molar-refractivity contribution is 5.98. The Hall–Kier alpha value is -5.39. The van der Waals surface area contributed by atoms with Crippen LogP contribution in [0.5, 0.6) is 17.2 Å². The van der Waals surface area contributed by atoms with Crippen LogP contribution in [0.25, 0.3) is 10.9 Å². The molecule has 12 nitrogen and oxygen atoms in total. The highest BCUT2D eigenvalue weighted by Gasteiger charge is 2.38. The normalized spacial score (nSPS) is 18.8. The second-order valence-electron chi connectivity index (χ2n) is 11.1. The molecule has 232 valence electrons. The van der Waals surface area contributed by atoms with Gasteiger partial charge in [0.05, 0.1) is 36.9 Å². The van der Waals surface area contributed by atoms with Crippen molar-refractivity contribution in [2.24, 2.45) is 7.05 Å². The molecule has 12 heteroatoms. The maximum atomic E-state index is 13.6. The van der Waals surface area contributed by atoms with E-state index in [2.05, 4.69) is 15.6 Å². The van der Waals surface area contributed by atoms with E-state index in [4.69, 9.17) is 14.2 Å². The third kappa shape index (κ3) is 6.59. The molecule has 0 unspecified atom stereocenters. The fourth-order valence-electron chi connectivity index (χ4n) is 5.51. The van der Waals surface area contributed by atoms with E-state index in [9.17, 15) is 19.2 Å². The Morgan fingerprint density at radius 2 is 1.76 bits per heavy atom. The molecule has 0 radical (unpaired) electrons. The molecule has 0 spiro atoms. The van der Waals surface area contributed by atoms with Gasteiger partial charge in [-0.1, -0.05) is 18.2 Å². The minimum atomic E-state index is -0.516. The molecule has 1 fully saturated rings. The van der Waals surface area contributed by atoms with Crippen molar-refractivity contribution in [1.82, 2.24) is 25.1 Å². The summed E-state index contributed by atoms with van der Waals surface area (Å²) < 4.78 is 18.8. The Kier molecular flexibility index (Phi) is 8.37. The van der Waals surface area contributed by atoms with Crippen LogP contribution in [0.15, 0.2) is 71.8 Å². The number of aryl methyl sites for hydroxylation is 2. The van der Waals surface area contributed by atoms with Crippen molar-refractivity contribution < 1.29 is 28.6 Å². The lowest BCUT2D eigenvalue weighted by Gasteiger charge is -2.21. The number of nitrogens with zero attached hydrogens (tertiary/aromatic N) is 3. The lowest BCUT2D eigenvalue weighted by atomic mass is 10.1. The molecule has 3 aliphatic rings. The molecule has 1 aromatic heterocycles. The number of ether oxygens (including phenoxy) is 3. The molecule has 4 bridgehead atoms. The van der Waals surface area contributed by atoms with Gasteiger partial charge in [0.25, 0.3) is 17.4 Å². The summed E-state index contributed by atoms with van der Waals surface area (Å²) in [5.74, 6) is 0.728. The fraction of sp³-hybridized carbons (Fsp3) is 0.303. The third-order valence-corrected chi connectivity index (χ3v) is 7.99. The lowest BCUT2D eigenvalue weighted by molar-refractivity contribution is -0.123. The molecule has 2 N–H and O–H groups in total. The Bertz CT molecular complexity index is 1820. The quantitative estimate of drug-likeness (QED) is 0.351. The number of rotatable bonds is 2. The molecule has 4 aromatic rings. The summed E-state index contributed by atoms with van der Waals surface area (Å²) in [6, 6.07) is 17.0. The largest absolute Gasteiger partial charge is 0.493 e. The van der Waals surface area contributed by atoms with Gasteiger partial charge in [-0.05, 0) is 60.0 Å². The summed E-state index contributed by atoms with van der Waals surface area (Å²) in [7, 11) is 3.15. The van der Waals surface area contributed by atoms with Crippen LogP contribution in [0.1, 0.15) is 27.9 Å². The van der Waals surface area contributed by atoms with Crippen LogP contribution in [0.4, 0.5) is 0 Å². The van der Waals surface area contributed by atoms with Gasteiger partial charge in [-0.25, -0.2) is 4.98 Å². The first-order valence-corrected chi connectivity index (χ1v) is 14.6. The zero-order valence-electron chi connectivity index (χ0n) is 24.9. The summed E-state index contributed by atoms with van der Waals surface area (Å²) in [5.41, 5.74) is 2.33. The smallest absolute Gasteiger partial charge is 0.260 e. The second kappa shape index (κ2) is 12.7. The monoisotopic (exact) mass is 611 g/mol. The molecule has 0 saturated carbocycles. The van der Waals surface area contributed by atoms with E-state index >= 15 is 0 Å². The average molecular weight is 612 g/mol. The van der Waals surface area contributed by atoms with Crippen molar-refractivity contribution in [1.29, 1.82) is 0 Å². The number of fused-ring (bicyclic) bond motifs is 10. The van der Waals surface area contributed by atoms with E-state index in [1.54, 1.807) is 54.4 Å². The third-order valence-electron chi connectivity index (χ3n) is 7.99. The lowest BCUT2D eigenvalue weighted by Crippen LogP contribution is -2.45. The molecule has 3 amide bonds. The Labute approximate surface area is 258 Å². The molecule has 3 aromatic carbocycles. The highest BCUT2D eigenvalue weighted by Crippen LogP contribution is 2.29. The Balaban J connectivity index is 1.24. The van der Waals surface area contributed by atoms with E-state index < -0.39 is 12.1 Å². The van der Waals surface area contributed by atoms with Crippen molar-refractivity contribution in [3.63, 3.8) is 0 Å². The first-order valence-electron chi connectivity index (χ1n) is 14.6. The van der Waals surface area contributed by atoms with Gasteiger partial charge in [-0.15, -0.1) is 0 Å². The van der Waals surface area contributed by atoms with Crippen molar-refractivity contribution in [3.8, 4) is 17.2 Å². The van der Waals surface area contributed by atoms with Crippen molar-refractivity contribution in [2.45, 2.75) is 31.5 Å². The van der Waals surface area contributed by atoms with Crippen LogP contribution in [0.2, 0.25) is 0 Å². The number of likely N-dealkylation sites (tertiary alicyclic amines) is 1. The molecular formula is C33H33N5O7. The number of carbonyl (C=O) groups excluding carboxylic acids is 3. The zero-order valence-corrected chi connectivity index (χ0v) is 24.9. The summed E-state index contributed by atoms with van der Waals surface area (Å²) in [4.78, 5) is 57.7. The van der Waals surface area contributed by atoms with Gasteiger partial charge in [0, 0.05) is 32.1 Å². The molecular weight excluding hydrogens is 578 g/mol. The molecule has 4 heterocycles. The molecule has 7 rings (SSSR count). The molecule has 1 saturated heterocycles. The maximum absolute atomic E-state index is 13.6. The van der Waals surface area contributed by atoms with Crippen LogP contribution < -0.4 is 30.4 Å². The first-order chi connectivity index (χ1) is 21.8. The zero-order chi connectivity index (χ0) is 31.5. The number of aromatic nitrogens is 2. The van der Waals surface area contributed by atoms with E-state index in [0.717, 1.165) is 11.1 Å². The van der Waals surface area contributed by atoms with E-state index in [1.165, 1.54) is 18.0 Å². The van der Waals surface area contributed by atoms with E-state index in [-0.39, 0.29) is 49.4 Å². The van der Waals surface area contributed by atoms with Crippen molar-refractivity contribution >= 4 is 28.6 Å². The number of amides is 3. The SMILES string of the molecule is COc1ccc2cc1OCC(=O)NCc1ccc(cc1)O[C@H]1CN(C(=O)c3ccc4c(=O)n(C)cnc4c3)C[C@@H]1NC(=O)CC2. The van der Waals surface area contributed by atoms with Gasteiger partial charge >= 0.3 is 0 Å². The summed E-state index contributed by atoms with van der Waals surface area (Å²) in [6.07, 6.45) is 1.51. The second-order valence-corrected chi connectivity index (χ2v) is 11.1. The van der Waals surface area contributed by atoms with E-state index in [1.807, 2.05) is 18.2 Å². The van der Waals surface area contributed by atoms with Crippen LogP contribution >= 0.6 is 0 Å². The maximum Gasteiger partial charge on any atom is 0.260 e. The molecule has 45 heavy (non-hydrogen) atoms.